The lowest BCUT2D eigenvalue weighted by Crippen LogP contribution is -2.65. The van der Waals surface area contributed by atoms with Crippen molar-refractivity contribution in [1.29, 1.82) is 0 Å². The van der Waals surface area contributed by atoms with Crippen LogP contribution in [0.3, 0.4) is 0 Å². The highest BCUT2D eigenvalue weighted by atomic mass is 15.3. The summed E-state index contributed by atoms with van der Waals surface area (Å²) in [5.74, 6) is 1.95. The van der Waals surface area contributed by atoms with E-state index in [1.807, 2.05) is 0 Å². The van der Waals surface area contributed by atoms with Crippen molar-refractivity contribution in [1.82, 2.24) is 9.80 Å². The third kappa shape index (κ3) is 2.75. The first kappa shape index (κ1) is 15.4. The van der Waals surface area contributed by atoms with Gasteiger partial charge >= 0.3 is 0 Å². The van der Waals surface area contributed by atoms with E-state index in [4.69, 9.17) is 0 Å². The largest absolute Gasteiger partial charge is 0.300 e. The Morgan fingerprint density at radius 3 is 2.09 bits per heavy atom. The van der Waals surface area contributed by atoms with Gasteiger partial charge in [-0.2, -0.15) is 0 Å². The topological polar surface area (TPSA) is 6.48 Å². The summed E-state index contributed by atoms with van der Waals surface area (Å²) in [4.78, 5) is 5.59. The summed E-state index contributed by atoms with van der Waals surface area (Å²) in [6.07, 6.45) is 10.5. The van der Waals surface area contributed by atoms with E-state index in [9.17, 15) is 0 Å². The van der Waals surface area contributed by atoms with Crippen molar-refractivity contribution >= 4 is 0 Å². The van der Waals surface area contributed by atoms with E-state index in [2.05, 4.69) is 30.6 Å². The molecule has 0 aromatic rings. The lowest BCUT2D eigenvalue weighted by atomic mass is 9.36. The summed E-state index contributed by atoms with van der Waals surface area (Å²) in [6.45, 7) is 14.1. The van der Waals surface area contributed by atoms with Crippen molar-refractivity contribution in [2.24, 2.45) is 22.7 Å². The minimum atomic E-state index is 0.766. The molecular weight excluding hydrogens is 268 g/mol. The smallest absolute Gasteiger partial charge is 0.0113 e. The van der Waals surface area contributed by atoms with Gasteiger partial charge in [0.2, 0.25) is 0 Å². The summed E-state index contributed by atoms with van der Waals surface area (Å²) in [5.41, 5.74) is 1.54. The third-order valence-corrected chi connectivity index (χ3v) is 7.69. The molecule has 0 aromatic heterocycles. The molecule has 0 amide bonds. The molecule has 5 fully saturated rings. The molecule has 1 atom stereocenters. The highest BCUT2D eigenvalue weighted by molar-refractivity contribution is 5.15. The summed E-state index contributed by atoms with van der Waals surface area (Å²) >= 11 is 0. The van der Waals surface area contributed by atoms with E-state index >= 15 is 0 Å². The molecule has 126 valence electrons. The van der Waals surface area contributed by atoms with Gasteiger partial charge in [-0.1, -0.05) is 26.7 Å². The first-order chi connectivity index (χ1) is 10.5. The van der Waals surface area contributed by atoms with Crippen LogP contribution in [0.2, 0.25) is 0 Å². The number of piperazine rings is 1. The highest BCUT2D eigenvalue weighted by Gasteiger charge is 2.64. The zero-order valence-corrected chi connectivity index (χ0v) is 15.1. The zero-order valence-electron chi connectivity index (χ0n) is 15.1. The first-order valence-corrected chi connectivity index (χ1v) is 9.94. The summed E-state index contributed by atoms with van der Waals surface area (Å²) in [6, 6.07) is 0.823. The van der Waals surface area contributed by atoms with Gasteiger partial charge in [-0.15, -0.1) is 0 Å². The lowest BCUT2D eigenvalue weighted by Gasteiger charge is -2.71. The van der Waals surface area contributed by atoms with Crippen LogP contribution in [0.15, 0.2) is 0 Å². The molecule has 5 rings (SSSR count). The quantitative estimate of drug-likeness (QED) is 0.774. The zero-order chi connectivity index (χ0) is 15.4. The molecule has 4 aliphatic carbocycles. The SMILES string of the molecule is CC1CCC(C(C)N2CCN(CC34CC(C)(C3)C4)CC2)CC1. The molecule has 2 bridgehead atoms. The molecule has 4 saturated carbocycles. The maximum atomic E-state index is 2.81. The second-order valence-electron chi connectivity index (χ2n) is 9.91. The molecule has 2 heteroatoms. The van der Waals surface area contributed by atoms with Crippen LogP contribution in [0.25, 0.3) is 0 Å². The van der Waals surface area contributed by atoms with Crippen molar-refractivity contribution in [2.75, 3.05) is 32.7 Å². The molecule has 5 aliphatic rings. The van der Waals surface area contributed by atoms with E-state index in [0.717, 1.165) is 28.7 Å². The van der Waals surface area contributed by atoms with Crippen LogP contribution >= 0.6 is 0 Å². The Bertz CT molecular complexity index is 382. The first-order valence-electron chi connectivity index (χ1n) is 9.94. The second kappa shape index (κ2) is 5.48. The predicted molar refractivity (Wildman–Crippen MR) is 93.0 cm³/mol. The van der Waals surface area contributed by atoms with Crippen molar-refractivity contribution in [2.45, 2.75) is 71.8 Å². The van der Waals surface area contributed by atoms with E-state index in [1.165, 1.54) is 77.7 Å². The maximum Gasteiger partial charge on any atom is 0.0113 e. The van der Waals surface area contributed by atoms with Gasteiger partial charge in [0.25, 0.3) is 0 Å². The molecule has 0 radical (unpaired) electrons. The molecule has 0 spiro atoms. The van der Waals surface area contributed by atoms with Gasteiger partial charge in [0, 0.05) is 38.8 Å². The minimum absolute atomic E-state index is 0.766. The van der Waals surface area contributed by atoms with Crippen molar-refractivity contribution < 1.29 is 0 Å². The highest BCUT2D eigenvalue weighted by Crippen LogP contribution is 2.73. The van der Waals surface area contributed by atoms with Gasteiger partial charge in [-0.25, -0.2) is 0 Å². The van der Waals surface area contributed by atoms with Crippen molar-refractivity contribution in [3.8, 4) is 0 Å². The molecule has 1 unspecified atom stereocenters. The summed E-state index contributed by atoms with van der Waals surface area (Å²) in [7, 11) is 0. The standard InChI is InChI=1S/C20H36N2/c1-16-4-6-18(7-5-16)17(2)22-10-8-21(9-11-22)15-20-12-19(3,13-20)14-20/h16-18H,4-15H2,1-3H3. The Kier molecular flexibility index (Phi) is 3.85. The number of nitrogens with zero attached hydrogens (tertiary/aromatic N) is 2. The predicted octanol–water partition coefficient (Wildman–Crippen LogP) is 4.01. The van der Waals surface area contributed by atoms with Crippen LogP contribution in [-0.2, 0) is 0 Å². The Morgan fingerprint density at radius 1 is 0.955 bits per heavy atom. The maximum absolute atomic E-state index is 2.81. The van der Waals surface area contributed by atoms with E-state index in [0.29, 0.717) is 0 Å². The van der Waals surface area contributed by atoms with Crippen LogP contribution in [0, 0.1) is 22.7 Å². The molecule has 1 aliphatic heterocycles. The lowest BCUT2D eigenvalue weighted by molar-refractivity contribution is -0.203. The fourth-order valence-corrected chi connectivity index (χ4v) is 6.60. The molecule has 2 nitrogen and oxygen atoms in total. The Morgan fingerprint density at radius 2 is 1.55 bits per heavy atom. The average molecular weight is 305 g/mol. The normalized spacial score (nSPS) is 47.6. The van der Waals surface area contributed by atoms with Crippen molar-refractivity contribution in [3.05, 3.63) is 0 Å². The second-order valence-corrected chi connectivity index (χ2v) is 9.91. The van der Waals surface area contributed by atoms with Crippen LogP contribution in [0.5, 0.6) is 0 Å². The van der Waals surface area contributed by atoms with Crippen LogP contribution in [-0.4, -0.2) is 48.6 Å². The fraction of sp³-hybridized carbons (Fsp3) is 1.00. The number of hydrogen-bond acceptors (Lipinski definition) is 2. The van der Waals surface area contributed by atoms with Gasteiger partial charge in [0.15, 0.2) is 0 Å². The van der Waals surface area contributed by atoms with Crippen LogP contribution < -0.4 is 0 Å². The number of hydrogen-bond donors (Lipinski definition) is 0. The van der Waals surface area contributed by atoms with Crippen LogP contribution in [0.1, 0.15) is 65.7 Å². The summed E-state index contributed by atoms with van der Waals surface area (Å²) < 4.78 is 0. The van der Waals surface area contributed by atoms with E-state index in [-0.39, 0.29) is 0 Å². The van der Waals surface area contributed by atoms with Gasteiger partial charge < -0.3 is 4.90 Å². The molecule has 1 saturated heterocycles. The molecule has 0 N–H and O–H groups in total. The molecule has 1 heterocycles. The summed E-state index contributed by atoms with van der Waals surface area (Å²) in [5, 5.41) is 0. The molecule has 0 aromatic carbocycles. The van der Waals surface area contributed by atoms with Gasteiger partial charge in [0.1, 0.15) is 0 Å². The minimum Gasteiger partial charge on any atom is -0.300 e. The molecular formula is C20H36N2. The Hall–Kier alpha value is -0.0800. The van der Waals surface area contributed by atoms with Gasteiger partial charge in [-0.3, -0.25) is 4.90 Å². The van der Waals surface area contributed by atoms with Crippen LogP contribution in [0.4, 0.5) is 0 Å². The van der Waals surface area contributed by atoms with E-state index in [1.54, 1.807) is 0 Å². The average Bonchev–Trinajstić information content (AvgIpc) is 2.45. The third-order valence-electron chi connectivity index (χ3n) is 7.69. The van der Waals surface area contributed by atoms with E-state index < -0.39 is 0 Å². The van der Waals surface area contributed by atoms with Gasteiger partial charge in [0.05, 0.1) is 0 Å². The monoisotopic (exact) mass is 304 g/mol. The number of rotatable bonds is 4. The molecule has 22 heavy (non-hydrogen) atoms. The fourth-order valence-electron chi connectivity index (χ4n) is 6.60. The van der Waals surface area contributed by atoms with Crippen molar-refractivity contribution in [3.63, 3.8) is 0 Å². The Balaban J connectivity index is 1.22. The van der Waals surface area contributed by atoms with Gasteiger partial charge in [-0.05, 0) is 61.7 Å². The Labute approximate surface area is 137 Å².